The molecular formula is C15H28N2O2S. The van der Waals surface area contributed by atoms with Crippen molar-refractivity contribution in [3.8, 4) is 0 Å². The number of fused-ring (bicyclic) bond motifs is 1. The lowest BCUT2D eigenvalue weighted by Crippen LogP contribution is -2.45. The maximum Gasteiger partial charge on any atom is 0.317 e. The quantitative estimate of drug-likeness (QED) is 0.767. The maximum atomic E-state index is 12.2. The van der Waals surface area contributed by atoms with Crippen LogP contribution in [0.1, 0.15) is 46.0 Å². The number of nitrogens with one attached hydrogen (secondary N) is 1. The van der Waals surface area contributed by atoms with Crippen LogP contribution in [0, 0.1) is 5.92 Å². The van der Waals surface area contributed by atoms with Crippen LogP contribution >= 0.6 is 11.8 Å². The van der Waals surface area contributed by atoms with Gasteiger partial charge in [0.1, 0.15) is 0 Å². The van der Waals surface area contributed by atoms with Crippen molar-refractivity contribution in [3.05, 3.63) is 0 Å². The van der Waals surface area contributed by atoms with Gasteiger partial charge in [0, 0.05) is 30.6 Å². The summed E-state index contributed by atoms with van der Waals surface area (Å²) in [6.07, 6.45) is 6.28. The standard InChI is InChI=1S/C15H28N2O2S/c1-15(2,19)11-20-10-8-16-14(18)17-9-7-12-5-3-4-6-13(12)17/h12-13,19H,3-11H2,1-2H3,(H,16,18)/t12-,13+/m0/s1. The van der Waals surface area contributed by atoms with Crippen molar-refractivity contribution >= 4 is 17.8 Å². The number of likely N-dealkylation sites (tertiary alicyclic amines) is 1. The van der Waals surface area contributed by atoms with E-state index in [2.05, 4.69) is 10.2 Å². The van der Waals surface area contributed by atoms with Crippen LogP contribution in [0.3, 0.4) is 0 Å². The predicted molar refractivity (Wildman–Crippen MR) is 84.1 cm³/mol. The van der Waals surface area contributed by atoms with Gasteiger partial charge < -0.3 is 15.3 Å². The van der Waals surface area contributed by atoms with Crippen molar-refractivity contribution in [1.29, 1.82) is 0 Å². The van der Waals surface area contributed by atoms with Crippen LogP contribution in [0.2, 0.25) is 0 Å². The van der Waals surface area contributed by atoms with Crippen LogP contribution in [-0.4, -0.2) is 52.3 Å². The molecule has 1 aliphatic carbocycles. The minimum absolute atomic E-state index is 0.114. The molecule has 0 aromatic rings. The van der Waals surface area contributed by atoms with Gasteiger partial charge in [0.25, 0.3) is 0 Å². The van der Waals surface area contributed by atoms with Gasteiger partial charge in [-0.1, -0.05) is 12.8 Å². The SMILES string of the molecule is CC(C)(O)CSCCNC(=O)N1CC[C@@H]2CCCC[C@H]21. The lowest BCUT2D eigenvalue weighted by Gasteiger charge is -2.31. The highest BCUT2D eigenvalue weighted by atomic mass is 32.2. The molecule has 1 aliphatic heterocycles. The first-order valence-corrected chi connectivity index (χ1v) is 8.97. The van der Waals surface area contributed by atoms with Gasteiger partial charge >= 0.3 is 6.03 Å². The van der Waals surface area contributed by atoms with E-state index >= 15 is 0 Å². The zero-order valence-corrected chi connectivity index (χ0v) is 13.5. The Morgan fingerprint density at radius 2 is 2.10 bits per heavy atom. The molecule has 5 heteroatoms. The van der Waals surface area contributed by atoms with E-state index in [1.165, 1.54) is 32.1 Å². The number of amides is 2. The van der Waals surface area contributed by atoms with Gasteiger partial charge in [0.05, 0.1) is 5.60 Å². The Labute approximate surface area is 126 Å². The Hall–Kier alpha value is -0.420. The summed E-state index contributed by atoms with van der Waals surface area (Å²) in [4.78, 5) is 14.3. The van der Waals surface area contributed by atoms with Crippen LogP contribution < -0.4 is 5.32 Å². The molecular weight excluding hydrogens is 272 g/mol. The summed E-state index contributed by atoms with van der Waals surface area (Å²) in [5, 5.41) is 12.6. The number of thioether (sulfide) groups is 1. The largest absolute Gasteiger partial charge is 0.390 e. The first-order valence-electron chi connectivity index (χ1n) is 7.82. The van der Waals surface area contributed by atoms with Gasteiger partial charge in [-0.25, -0.2) is 4.79 Å². The number of carbonyl (C=O) groups excluding carboxylic acids is 1. The number of urea groups is 1. The Kier molecular flexibility index (Phi) is 5.61. The second-order valence-corrected chi connectivity index (χ2v) is 7.80. The molecule has 1 heterocycles. The zero-order chi connectivity index (χ0) is 14.6. The molecule has 2 N–H and O–H groups in total. The Balaban J connectivity index is 1.65. The molecule has 2 amide bonds. The van der Waals surface area contributed by atoms with E-state index in [1.807, 2.05) is 13.8 Å². The number of nitrogens with zero attached hydrogens (tertiary/aromatic N) is 1. The van der Waals surface area contributed by atoms with Gasteiger partial charge in [-0.3, -0.25) is 0 Å². The Morgan fingerprint density at radius 3 is 2.85 bits per heavy atom. The molecule has 116 valence electrons. The Morgan fingerprint density at radius 1 is 1.35 bits per heavy atom. The van der Waals surface area contributed by atoms with Crippen LogP contribution in [0.4, 0.5) is 4.79 Å². The second kappa shape index (κ2) is 7.03. The predicted octanol–water partition coefficient (Wildman–Crippen LogP) is 2.46. The molecule has 4 nitrogen and oxygen atoms in total. The summed E-state index contributed by atoms with van der Waals surface area (Å²) >= 11 is 1.68. The molecule has 0 unspecified atom stereocenters. The van der Waals surface area contributed by atoms with Gasteiger partial charge in [-0.05, 0) is 39.0 Å². The lowest BCUT2D eigenvalue weighted by atomic mass is 9.85. The van der Waals surface area contributed by atoms with Crippen molar-refractivity contribution in [3.63, 3.8) is 0 Å². The number of hydrogen-bond acceptors (Lipinski definition) is 3. The lowest BCUT2D eigenvalue weighted by molar-refractivity contribution is 0.107. The summed E-state index contributed by atoms with van der Waals surface area (Å²) in [5.74, 6) is 2.31. The van der Waals surface area contributed by atoms with Crippen LogP contribution in [0.25, 0.3) is 0 Å². The van der Waals surface area contributed by atoms with Crippen molar-refractivity contribution in [2.75, 3.05) is 24.6 Å². The monoisotopic (exact) mass is 300 g/mol. The van der Waals surface area contributed by atoms with E-state index in [4.69, 9.17) is 0 Å². The molecule has 0 aromatic carbocycles. The first-order chi connectivity index (χ1) is 9.47. The van der Waals surface area contributed by atoms with Crippen molar-refractivity contribution in [2.24, 2.45) is 5.92 Å². The number of carbonyl (C=O) groups is 1. The fourth-order valence-electron chi connectivity index (χ4n) is 3.31. The summed E-state index contributed by atoms with van der Waals surface area (Å²) in [6, 6.07) is 0.607. The van der Waals surface area contributed by atoms with Crippen molar-refractivity contribution < 1.29 is 9.90 Å². The number of rotatable bonds is 5. The van der Waals surface area contributed by atoms with E-state index < -0.39 is 5.60 Å². The molecule has 0 spiro atoms. The average molecular weight is 300 g/mol. The minimum Gasteiger partial charge on any atom is -0.390 e. The summed E-state index contributed by atoms with van der Waals surface area (Å²) in [5.41, 5.74) is -0.626. The van der Waals surface area contributed by atoms with E-state index in [0.717, 1.165) is 18.2 Å². The Bertz CT molecular complexity index is 330. The fourth-order valence-corrected chi connectivity index (χ4v) is 4.20. The zero-order valence-electron chi connectivity index (χ0n) is 12.7. The van der Waals surface area contributed by atoms with E-state index in [1.54, 1.807) is 11.8 Å². The van der Waals surface area contributed by atoms with E-state index in [-0.39, 0.29) is 6.03 Å². The molecule has 20 heavy (non-hydrogen) atoms. The molecule has 1 saturated heterocycles. The van der Waals surface area contributed by atoms with Crippen molar-refractivity contribution in [1.82, 2.24) is 10.2 Å². The van der Waals surface area contributed by atoms with Gasteiger partial charge in [-0.2, -0.15) is 11.8 Å². The summed E-state index contributed by atoms with van der Waals surface area (Å²) in [6.45, 7) is 5.24. The highest BCUT2D eigenvalue weighted by Gasteiger charge is 2.37. The number of hydrogen-bond donors (Lipinski definition) is 2. The topological polar surface area (TPSA) is 52.6 Å². The third kappa shape index (κ3) is 4.55. The third-order valence-electron chi connectivity index (χ3n) is 4.25. The van der Waals surface area contributed by atoms with Crippen LogP contribution in [0.15, 0.2) is 0 Å². The number of aliphatic hydroxyl groups is 1. The summed E-state index contributed by atoms with van der Waals surface area (Å²) in [7, 11) is 0. The molecule has 2 fully saturated rings. The summed E-state index contributed by atoms with van der Waals surface area (Å²) < 4.78 is 0. The average Bonchev–Trinajstić information content (AvgIpc) is 2.80. The molecule has 2 aliphatic rings. The molecule has 0 aromatic heterocycles. The molecule has 2 rings (SSSR count). The molecule has 0 radical (unpaired) electrons. The third-order valence-corrected chi connectivity index (χ3v) is 5.65. The van der Waals surface area contributed by atoms with E-state index in [0.29, 0.717) is 18.3 Å². The molecule has 2 atom stereocenters. The second-order valence-electron chi connectivity index (χ2n) is 6.69. The molecule has 1 saturated carbocycles. The minimum atomic E-state index is -0.626. The first kappa shape index (κ1) is 16.0. The van der Waals surface area contributed by atoms with Crippen LogP contribution in [-0.2, 0) is 0 Å². The van der Waals surface area contributed by atoms with Crippen LogP contribution in [0.5, 0.6) is 0 Å². The smallest absolute Gasteiger partial charge is 0.317 e. The van der Waals surface area contributed by atoms with Gasteiger partial charge in [-0.15, -0.1) is 0 Å². The maximum absolute atomic E-state index is 12.2. The fraction of sp³-hybridized carbons (Fsp3) is 0.933. The van der Waals surface area contributed by atoms with E-state index in [9.17, 15) is 9.90 Å². The van der Waals surface area contributed by atoms with Crippen molar-refractivity contribution in [2.45, 2.75) is 57.6 Å². The van der Waals surface area contributed by atoms with Gasteiger partial charge in [0.2, 0.25) is 0 Å². The normalized spacial score (nSPS) is 26.4. The highest BCUT2D eigenvalue weighted by Crippen LogP contribution is 2.35. The highest BCUT2D eigenvalue weighted by molar-refractivity contribution is 7.99. The molecule has 0 bridgehead atoms. The van der Waals surface area contributed by atoms with Gasteiger partial charge in [0.15, 0.2) is 0 Å².